The van der Waals surface area contributed by atoms with Gasteiger partial charge in [-0.2, -0.15) is 0 Å². The van der Waals surface area contributed by atoms with Crippen LogP contribution in [0, 0.1) is 5.92 Å². The highest BCUT2D eigenvalue weighted by molar-refractivity contribution is 6.12. The third-order valence-electron chi connectivity index (χ3n) is 21.3. The first-order valence-corrected chi connectivity index (χ1v) is 39.4. The molecule has 0 N–H and O–H groups in total. The highest BCUT2D eigenvalue weighted by Crippen LogP contribution is 2.48. The monoisotopic (exact) mass is 1420 g/mol. The third-order valence-corrected chi connectivity index (χ3v) is 21.3. The normalized spacial score (nSPS) is 11.7. The minimum absolute atomic E-state index is 0.160. The fraction of sp³-hybridized carbons (Fsp3) is 0.184. The molecule has 6 aromatic heterocycles. The molecule has 0 amide bonds. The highest BCUT2D eigenvalue weighted by atomic mass is 15.1. The second kappa shape index (κ2) is 34.2. The number of para-hydroxylation sites is 12. The van der Waals surface area contributed by atoms with E-state index < -0.39 is 0 Å². The van der Waals surface area contributed by atoms with E-state index >= 15 is 0 Å². The number of aryl methyl sites for hydroxylation is 3. The number of rotatable bonds is 6. The van der Waals surface area contributed by atoms with Gasteiger partial charge in [0.15, 0.2) is 0 Å². The Morgan fingerprint density at radius 2 is 0.349 bits per heavy atom. The molecule has 20 aromatic rings. The van der Waals surface area contributed by atoms with Crippen LogP contribution in [0.15, 0.2) is 340 Å². The van der Waals surface area contributed by atoms with E-state index in [2.05, 4.69) is 416 Å². The summed E-state index contributed by atoms with van der Waals surface area (Å²) in [5.74, 6) is 0.317. The van der Waals surface area contributed by atoms with Gasteiger partial charge in [0.25, 0.3) is 0 Å². The first kappa shape index (κ1) is 75.1. The van der Waals surface area contributed by atoms with Gasteiger partial charge in [-0.05, 0) is 95.1 Å². The molecular weight excluding hydrogens is 1320 g/mol. The van der Waals surface area contributed by atoms with Gasteiger partial charge in [0.2, 0.25) is 0 Å². The van der Waals surface area contributed by atoms with Gasteiger partial charge in [0.1, 0.15) is 0 Å². The van der Waals surface area contributed by atoms with E-state index in [1.807, 2.05) is 41.5 Å². The summed E-state index contributed by atoms with van der Waals surface area (Å²) < 4.78 is 14.4. The van der Waals surface area contributed by atoms with E-state index in [9.17, 15) is 0 Å². The zero-order valence-corrected chi connectivity index (χ0v) is 65.9. The van der Waals surface area contributed by atoms with Gasteiger partial charge < -0.3 is 27.4 Å². The minimum atomic E-state index is 0.160. The van der Waals surface area contributed by atoms with E-state index in [0.717, 1.165) is 19.6 Å². The predicted molar refractivity (Wildman–Crippen MR) is 477 cm³/mol. The highest BCUT2D eigenvalue weighted by Gasteiger charge is 2.34. The van der Waals surface area contributed by atoms with Crippen LogP contribution in [0.4, 0.5) is 0 Å². The lowest BCUT2D eigenvalue weighted by Crippen LogP contribution is -2.22. The maximum atomic E-state index is 2.57. The Balaban J connectivity index is 0.000000130. The van der Waals surface area contributed by atoms with E-state index in [1.165, 1.54) is 160 Å². The van der Waals surface area contributed by atoms with Gasteiger partial charge in [0.05, 0.1) is 0 Å². The summed E-state index contributed by atoms with van der Waals surface area (Å²) in [6.45, 7) is 23.6. The molecular formula is C103H104N6. The van der Waals surface area contributed by atoms with Gasteiger partial charge in [-0.3, -0.25) is 0 Å². The van der Waals surface area contributed by atoms with Crippen molar-refractivity contribution in [1.82, 2.24) is 27.4 Å². The number of hydrogen-bond acceptors (Lipinski definition) is 0. The summed E-state index contributed by atoms with van der Waals surface area (Å²) in [6.07, 6.45) is 1.25. The molecule has 6 heterocycles. The van der Waals surface area contributed by atoms with Crippen molar-refractivity contribution in [1.29, 1.82) is 0 Å². The fourth-order valence-electron chi connectivity index (χ4n) is 16.6. The lowest BCUT2D eigenvalue weighted by atomic mass is 9.82. The van der Waals surface area contributed by atoms with Gasteiger partial charge in [-0.25, -0.2) is 0 Å². The maximum Gasteiger partial charge on any atom is 0.0491 e. The molecule has 21 rings (SSSR count). The molecule has 14 aromatic carbocycles. The molecule has 0 unspecified atom stereocenters. The topological polar surface area (TPSA) is 29.6 Å². The molecule has 6 nitrogen and oxygen atoms in total. The molecule has 109 heavy (non-hydrogen) atoms. The van der Waals surface area contributed by atoms with Crippen molar-refractivity contribution in [2.75, 3.05) is 0 Å². The second-order valence-corrected chi connectivity index (χ2v) is 28.0. The standard InChI is InChI=1S/C40H31N3.C15H14.3C13H11N.C3H8.3C2H6/c1-7-19-35-29(13-1)30-14-2-8-20-36(30)41(35)25-28(26-42-37-21-9-3-15-31(37)32-16-4-10-22-38(32)42)27-43-39-23-11-5-17-33(39)34-18-6-12-24-40(34)43;1-15(2)13-9-5-3-7-11(13)12-8-4-6-10-14(12)15;3*1-14-12-8-4-2-6-10(12)11-7-3-5-9-13(11)14;1-3-2;3*1-2/h1-24,28H,25-27H2;3-10H,1-2H3;3*2-9H,1H3;3H2,1-2H3;3*1-2H3. The first-order valence-electron chi connectivity index (χ1n) is 39.4. The Kier molecular flexibility index (Phi) is 23.6. The van der Waals surface area contributed by atoms with Crippen molar-refractivity contribution in [3.8, 4) is 11.1 Å². The molecule has 0 spiro atoms. The van der Waals surface area contributed by atoms with Crippen LogP contribution in [0.2, 0.25) is 0 Å². The summed E-state index contributed by atoms with van der Waals surface area (Å²) in [4.78, 5) is 0. The molecule has 0 bridgehead atoms. The Labute approximate surface area is 644 Å². The van der Waals surface area contributed by atoms with Crippen molar-refractivity contribution < 1.29 is 0 Å². The first-order chi connectivity index (χ1) is 53.6. The van der Waals surface area contributed by atoms with Crippen LogP contribution in [-0.2, 0) is 46.2 Å². The van der Waals surface area contributed by atoms with E-state index in [0.29, 0.717) is 5.92 Å². The van der Waals surface area contributed by atoms with Crippen molar-refractivity contribution in [3.05, 3.63) is 351 Å². The predicted octanol–water partition coefficient (Wildman–Crippen LogP) is 28.5. The number of fused-ring (bicyclic) bond motifs is 21. The number of hydrogen-bond donors (Lipinski definition) is 0. The van der Waals surface area contributed by atoms with Crippen molar-refractivity contribution in [2.24, 2.45) is 27.1 Å². The zero-order chi connectivity index (χ0) is 76.1. The minimum Gasteiger partial charge on any atom is -0.344 e. The van der Waals surface area contributed by atoms with Crippen molar-refractivity contribution >= 4 is 131 Å². The average Bonchev–Trinajstić information content (AvgIpc) is 1.59. The summed E-state index contributed by atoms with van der Waals surface area (Å²) in [6, 6.07) is 122. The molecule has 1 aliphatic rings. The van der Waals surface area contributed by atoms with E-state index in [1.54, 1.807) is 0 Å². The summed E-state index contributed by atoms with van der Waals surface area (Å²) in [7, 11) is 6.35. The number of nitrogens with zero attached hydrogens (tertiary/aromatic N) is 6. The largest absolute Gasteiger partial charge is 0.344 e. The van der Waals surface area contributed by atoms with Gasteiger partial charge >= 0.3 is 0 Å². The van der Waals surface area contributed by atoms with E-state index in [-0.39, 0.29) is 5.41 Å². The quantitative estimate of drug-likeness (QED) is 0.159. The SMILES string of the molecule is CC.CC.CC.CC1(C)c2ccccc2-c2ccccc21.CCC.Cn1c2ccccc2c2ccccc21.Cn1c2ccccc2c2ccccc21.Cn1c2ccccc2c2ccccc21.c1ccc2c(c1)c1ccccc1n2CC(Cn1c2ccccc2c2ccccc21)Cn1c2ccccc2c2ccccc21. The summed E-state index contributed by atoms with van der Waals surface area (Å²) >= 11 is 0. The van der Waals surface area contributed by atoms with Gasteiger partial charge in [0, 0.05) is 183 Å². The number of benzene rings is 14. The third kappa shape index (κ3) is 14.4. The average molecular weight is 1430 g/mol. The molecule has 0 radical (unpaired) electrons. The fourth-order valence-corrected chi connectivity index (χ4v) is 16.6. The second-order valence-electron chi connectivity index (χ2n) is 28.0. The Bertz CT molecular complexity index is 5540. The van der Waals surface area contributed by atoms with Crippen LogP contribution in [-0.4, -0.2) is 27.4 Å². The zero-order valence-electron chi connectivity index (χ0n) is 65.9. The van der Waals surface area contributed by atoms with Crippen molar-refractivity contribution in [2.45, 2.75) is 101 Å². The number of aromatic nitrogens is 6. The van der Waals surface area contributed by atoms with Crippen LogP contribution < -0.4 is 0 Å². The van der Waals surface area contributed by atoms with Gasteiger partial charge in [-0.15, -0.1) is 0 Å². The van der Waals surface area contributed by atoms with Crippen LogP contribution in [0.25, 0.3) is 142 Å². The lowest BCUT2D eigenvalue weighted by Gasteiger charge is -2.23. The molecule has 0 saturated heterocycles. The van der Waals surface area contributed by atoms with Crippen LogP contribution in [0.1, 0.15) is 86.8 Å². The smallest absolute Gasteiger partial charge is 0.0491 e. The summed E-state index contributed by atoms with van der Waals surface area (Å²) in [5, 5.41) is 16.0. The Morgan fingerprint density at radius 3 is 0.532 bits per heavy atom. The Morgan fingerprint density at radius 1 is 0.211 bits per heavy atom. The molecule has 0 fully saturated rings. The van der Waals surface area contributed by atoms with Crippen LogP contribution >= 0.6 is 0 Å². The lowest BCUT2D eigenvalue weighted by molar-refractivity contribution is 0.362. The molecule has 0 aliphatic heterocycles. The molecule has 1 aliphatic carbocycles. The maximum absolute atomic E-state index is 2.57. The van der Waals surface area contributed by atoms with Crippen LogP contribution in [0.3, 0.4) is 0 Å². The van der Waals surface area contributed by atoms with Crippen molar-refractivity contribution in [3.63, 3.8) is 0 Å². The molecule has 0 saturated carbocycles. The molecule has 6 heteroatoms. The molecule has 0 atom stereocenters. The Hall–Kier alpha value is -12.1. The van der Waals surface area contributed by atoms with Gasteiger partial charge in [-0.1, -0.05) is 343 Å². The van der Waals surface area contributed by atoms with E-state index in [4.69, 9.17) is 0 Å². The molecule has 546 valence electrons. The summed E-state index contributed by atoms with van der Waals surface area (Å²) in [5.41, 5.74) is 21.5. The van der Waals surface area contributed by atoms with Crippen LogP contribution in [0.5, 0.6) is 0 Å².